The molecule has 0 spiro atoms. The van der Waals surface area contributed by atoms with Crippen LogP contribution in [0.5, 0.6) is 0 Å². The van der Waals surface area contributed by atoms with E-state index in [9.17, 15) is 4.79 Å². The van der Waals surface area contributed by atoms with Crippen LogP contribution in [0, 0.1) is 0 Å². The number of nitrogens with one attached hydrogen (secondary N) is 2. The molecule has 0 aliphatic heterocycles. The van der Waals surface area contributed by atoms with Crippen LogP contribution in [0.1, 0.15) is 68.1 Å². The molecular weight excluding hydrogens is 278 g/mol. The summed E-state index contributed by atoms with van der Waals surface area (Å²) in [6, 6.07) is 0.822. The number of carbonyl (C=O) groups excluding carboxylic acids is 1. The molecule has 0 saturated heterocycles. The molecule has 4 N–H and O–H groups in total. The number of hydrogen-bond donors (Lipinski definition) is 3. The van der Waals surface area contributed by atoms with Gasteiger partial charge in [0.1, 0.15) is 5.82 Å². The van der Waals surface area contributed by atoms with Gasteiger partial charge in [0.15, 0.2) is 0 Å². The van der Waals surface area contributed by atoms with Gasteiger partial charge in [-0.25, -0.2) is 4.98 Å². The van der Waals surface area contributed by atoms with E-state index in [2.05, 4.69) is 20.6 Å². The number of anilines is 2. The minimum absolute atomic E-state index is 0.376. The summed E-state index contributed by atoms with van der Waals surface area (Å²) in [5, 5.41) is 6.77. The zero-order valence-electron chi connectivity index (χ0n) is 13.0. The molecular formula is C16H25N5O. The van der Waals surface area contributed by atoms with Crippen LogP contribution in [0.4, 0.5) is 11.8 Å². The highest BCUT2D eigenvalue weighted by atomic mass is 16.1. The topological polar surface area (TPSA) is 92.9 Å². The zero-order valence-corrected chi connectivity index (χ0v) is 13.0. The summed E-state index contributed by atoms with van der Waals surface area (Å²) in [4.78, 5) is 20.4. The van der Waals surface area contributed by atoms with Crippen molar-refractivity contribution >= 4 is 17.7 Å². The Balaban J connectivity index is 1.74. The van der Waals surface area contributed by atoms with Crippen LogP contribution in [0.3, 0.4) is 0 Å². The number of rotatable bonds is 5. The average molecular weight is 303 g/mol. The highest BCUT2D eigenvalue weighted by Crippen LogP contribution is 2.25. The second-order valence-electron chi connectivity index (χ2n) is 6.43. The average Bonchev–Trinajstić information content (AvgIpc) is 3.01. The van der Waals surface area contributed by atoms with Crippen molar-refractivity contribution in [2.75, 3.05) is 10.6 Å². The smallest absolute Gasteiger partial charge is 0.254 e. The van der Waals surface area contributed by atoms with Crippen molar-refractivity contribution in [1.29, 1.82) is 0 Å². The Labute approximate surface area is 131 Å². The van der Waals surface area contributed by atoms with Crippen LogP contribution in [-0.4, -0.2) is 28.0 Å². The molecule has 0 atom stereocenters. The van der Waals surface area contributed by atoms with Crippen LogP contribution in [0.25, 0.3) is 0 Å². The third kappa shape index (κ3) is 3.67. The standard InChI is InChI=1S/C16H25N5O/c17-14(22)13-10-18-16(20-12-6-2-1-3-7-12)21-15(13)19-11-8-4-5-9-11/h10-12H,1-9H2,(H2,17,22)(H2,18,19,20,21). The number of carbonyl (C=O) groups is 1. The number of nitrogens with two attached hydrogens (primary N) is 1. The lowest BCUT2D eigenvalue weighted by molar-refractivity contribution is 0.100. The molecule has 1 aromatic heterocycles. The van der Waals surface area contributed by atoms with Gasteiger partial charge >= 0.3 is 0 Å². The molecule has 6 heteroatoms. The van der Waals surface area contributed by atoms with Crippen molar-refractivity contribution in [3.05, 3.63) is 11.8 Å². The summed E-state index contributed by atoms with van der Waals surface area (Å²) in [5.74, 6) is 0.690. The lowest BCUT2D eigenvalue weighted by atomic mass is 9.96. The fraction of sp³-hybridized carbons (Fsp3) is 0.688. The highest BCUT2D eigenvalue weighted by Gasteiger charge is 2.20. The molecule has 1 heterocycles. The molecule has 2 fully saturated rings. The molecule has 1 aromatic rings. The van der Waals surface area contributed by atoms with Crippen molar-refractivity contribution in [2.24, 2.45) is 5.73 Å². The summed E-state index contributed by atoms with van der Waals surface area (Å²) in [6.45, 7) is 0. The van der Waals surface area contributed by atoms with Crippen LogP contribution < -0.4 is 16.4 Å². The Bertz CT molecular complexity index is 521. The molecule has 0 unspecified atom stereocenters. The van der Waals surface area contributed by atoms with Gasteiger partial charge in [0.05, 0.1) is 5.56 Å². The fourth-order valence-electron chi connectivity index (χ4n) is 3.43. The van der Waals surface area contributed by atoms with Crippen molar-refractivity contribution in [3.8, 4) is 0 Å². The van der Waals surface area contributed by atoms with Gasteiger partial charge in [-0.1, -0.05) is 32.1 Å². The first-order valence-corrected chi connectivity index (χ1v) is 8.42. The molecule has 120 valence electrons. The number of amides is 1. The van der Waals surface area contributed by atoms with Crippen LogP contribution in [0.15, 0.2) is 6.20 Å². The second-order valence-corrected chi connectivity index (χ2v) is 6.43. The lowest BCUT2D eigenvalue weighted by Gasteiger charge is -2.23. The molecule has 1 amide bonds. The molecule has 2 aliphatic carbocycles. The quantitative estimate of drug-likeness (QED) is 0.777. The normalized spacial score (nSPS) is 20.0. The molecule has 0 radical (unpaired) electrons. The molecule has 3 rings (SSSR count). The Morgan fingerprint density at radius 3 is 2.23 bits per heavy atom. The minimum Gasteiger partial charge on any atom is -0.367 e. The molecule has 2 aliphatic rings. The van der Waals surface area contributed by atoms with Gasteiger partial charge in [0.25, 0.3) is 5.91 Å². The largest absolute Gasteiger partial charge is 0.367 e. The Morgan fingerprint density at radius 2 is 1.59 bits per heavy atom. The zero-order chi connectivity index (χ0) is 15.4. The van der Waals surface area contributed by atoms with E-state index in [-0.39, 0.29) is 0 Å². The monoisotopic (exact) mass is 303 g/mol. The van der Waals surface area contributed by atoms with Gasteiger partial charge in [-0.15, -0.1) is 0 Å². The summed E-state index contributed by atoms with van der Waals surface area (Å²) in [7, 11) is 0. The van der Waals surface area contributed by atoms with Gasteiger partial charge < -0.3 is 16.4 Å². The third-order valence-corrected chi connectivity index (χ3v) is 4.69. The fourth-order valence-corrected chi connectivity index (χ4v) is 3.43. The molecule has 6 nitrogen and oxygen atoms in total. The summed E-state index contributed by atoms with van der Waals surface area (Å²) < 4.78 is 0. The van der Waals surface area contributed by atoms with E-state index in [1.54, 1.807) is 0 Å². The number of aromatic nitrogens is 2. The number of nitrogens with zero attached hydrogens (tertiary/aromatic N) is 2. The van der Waals surface area contributed by atoms with Crippen LogP contribution in [-0.2, 0) is 0 Å². The maximum absolute atomic E-state index is 11.6. The van der Waals surface area contributed by atoms with E-state index in [1.807, 2.05) is 0 Å². The molecule has 0 bridgehead atoms. The minimum atomic E-state index is -0.482. The first-order chi connectivity index (χ1) is 10.7. The predicted octanol–water partition coefficient (Wildman–Crippen LogP) is 2.67. The van der Waals surface area contributed by atoms with E-state index < -0.39 is 5.91 Å². The van der Waals surface area contributed by atoms with Gasteiger partial charge in [0.2, 0.25) is 5.95 Å². The van der Waals surface area contributed by atoms with Gasteiger partial charge in [-0.2, -0.15) is 4.98 Å². The SMILES string of the molecule is NC(=O)c1cnc(NC2CCCCC2)nc1NC1CCCC1. The number of hydrogen-bond acceptors (Lipinski definition) is 5. The Hall–Kier alpha value is -1.85. The van der Waals surface area contributed by atoms with Crippen molar-refractivity contribution in [2.45, 2.75) is 69.9 Å². The Morgan fingerprint density at radius 1 is 1.00 bits per heavy atom. The first kappa shape index (κ1) is 15.1. The van der Waals surface area contributed by atoms with E-state index in [1.165, 1.54) is 38.3 Å². The molecule has 22 heavy (non-hydrogen) atoms. The second kappa shape index (κ2) is 6.94. The summed E-state index contributed by atoms with van der Waals surface area (Å²) in [6.07, 6.45) is 12.4. The van der Waals surface area contributed by atoms with E-state index in [4.69, 9.17) is 5.73 Å². The van der Waals surface area contributed by atoms with Gasteiger partial charge in [-0.05, 0) is 25.7 Å². The number of primary amides is 1. The maximum atomic E-state index is 11.6. The molecule has 2 saturated carbocycles. The van der Waals surface area contributed by atoms with E-state index >= 15 is 0 Å². The summed E-state index contributed by atoms with van der Waals surface area (Å²) >= 11 is 0. The highest BCUT2D eigenvalue weighted by molar-refractivity contribution is 5.97. The van der Waals surface area contributed by atoms with Crippen molar-refractivity contribution < 1.29 is 4.79 Å². The predicted molar refractivity (Wildman–Crippen MR) is 86.9 cm³/mol. The maximum Gasteiger partial charge on any atom is 0.254 e. The summed E-state index contributed by atoms with van der Waals surface area (Å²) in [5.41, 5.74) is 5.82. The van der Waals surface area contributed by atoms with E-state index in [0.717, 1.165) is 25.7 Å². The van der Waals surface area contributed by atoms with Gasteiger partial charge in [0, 0.05) is 18.3 Å². The van der Waals surface area contributed by atoms with Crippen LogP contribution >= 0.6 is 0 Å². The lowest BCUT2D eigenvalue weighted by Crippen LogP contribution is -2.25. The van der Waals surface area contributed by atoms with Crippen molar-refractivity contribution in [3.63, 3.8) is 0 Å². The van der Waals surface area contributed by atoms with Gasteiger partial charge in [-0.3, -0.25) is 4.79 Å². The van der Waals surface area contributed by atoms with Crippen LogP contribution in [0.2, 0.25) is 0 Å². The third-order valence-electron chi connectivity index (χ3n) is 4.69. The first-order valence-electron chi connectivity index (χ1n) is 8.42. The Kier molecular flexibility index (Phi) is 4.75. The van der Waals surface area contributed by atoms with Crippen molar-refractivity contribution in [1.82, 2.24) is 9.97 Å². The van der Waals surface area contributed by atoms with E-state index in [0.29, 0.717) is 29.4 Å². The molecule has 0 aromatic carbocycles.